The zero-order valence-corrected chi connectivity index (χ0v) is 12.9. The minimum atomic E-state index is -0.272. The average molecular weight is 297 g/mol. The molecule has 2 rings (SSSR count). The van der Waals surface area contributed by atoms with E-state index in [1.807, 2.05) is 45.0 Å². The van der Waals surface area contributed by atoms with Crippen LogP contribution in [0.5, 0.6) is 5.75 Å². The molecule has 0 saturated heterocycles. The summed E-state index contributed by atoms with van der Waals surface area (Å²) in [5, 5.41) is 3.94. The molecule has 5 nitrogen and oxygen atoms in total. The maximum Gasteiger partial charge on any atom is 0.271 e. The zero-order valence-electron chi connectivity index (χ0n) is 12.9. The molecule has 0 atom stereocenters. The van der Waals surface area contributed by atoms with Gasteiger partial charge in [0.25, 0.3) is 5.91 Å². The topological polar surface area (TPSA) is 63.6 Å². The predicted octanol–water partition coefficient (Wildman–Crippen LogP) is 3.02. The molecule has 1 N–H and O–H groups in total. The predicted molar refractivity (Wildman–Crippen MR) is 86.1 cm³/mol. The molecule has 0 spiro atoms. The van der Waals surface area contributed by atoms with Gasteiger partial charge in [0, 0.05) is 18.0 Å². The first-order valence-electron chi connectivity index (χ1n) is 6.96. The Morgan fingerprint density at radius 1 is 1.14 bits per heavy atom. The Labute approximate surface area is 130 Å². The Morgan fingerprint density at radius 3 is 2.36 bits per heavy atom. The number of pyridine rings is 1. The number of hydrogen-bond acceptors (Lipinski definition) is 4. The van der Waals surface area contributed by atoms with Crippen LogP contribution in [0.4, 0.5) is 0 Å². The van der Waals surface area contributed by atoms with Crippen LogP contribution in [0.25, 0.3) is 0 Å². The molecule has 0 unspecified atom stereocenters. The lowest BCUT2D eigenvalue weighted by atomic mass is 10.2. The highest BCUT2D eigenvalue weighted by Crippen LogP contribution is 2.17. The lowest BCUT2D eigenvalue weighted by Crippen LogP contribution is -2.22. The number of amides is 1. The van der Waals surface area contributed by atoms with Crippen LogP contribution in [0.3, 0.4) is 0 Å². The largest absolute Gasteiger partial charge is 0.488 e. The molecule has 22 heavy (non-hydrogen) atoms. The van der Waals surface area contributed by atoms with Gasteiger partial charge >= 0.3 is 0 Å². The van der Waals surface area contributed by atoms with Crippen LogP contribution >= 0.6 is 0 Å². The van der Waals surface area contributed by atoms with Gasteiger partial charge in [-0.3, -0.25) is 9.78 Å². The third-order valence-electron chi connectivity index (χ3n) is 2.63. The number of aromatic nitrogens is 1. The second-order valence-corrected chi connectivity index (χ2v) is 5.72. The minimum absolute atomic E-state index is 0.228. The minimum Gasteiger partial charge on any atom is -0.488 e. The summed E-state index contributed by atoms with van der Waals surface area (Å²) in [5.74, 6) is 0.525. The van der Waals surface area contributed by atoms with Gasteiger partial charge in [-0.1, -0.05) is 0 Å². The van der Waals surface area contributed by atoms with E-state index in [9.17, 15) is 4.79 Å². The molecule has 1 aromatic carbocycles. The van der Waals surface area contributed by atoms with Gasteiger partial charge in [-0.2, -0.15) is 5.10 Å². The van der Waals surface area contributed by atoms with Crippen molar-refractivity contribution in [3.63, 3.8) is 0 Å². The molecule has 0 aliphatic heterocycles. The van der Waals surface area contributed by atoms with Crippen LogP contribution < -0.4 is 10.2 Å². The molecule has 0 bridgehead atoms. The van der Waals surface area contributed by atoms with Gasteiger partial charge in [0.15, 0.2) is 0 Å². The van der Waals surface area contributed by atoms with Crippen molar-refractivity contribution in [1.29, 1.82) is 0 Å². The van der Waals surface area contributed by atoms with E-state index in [-0.39, 0.29) is 11.5 Å². The lowest BCUT2D eigenvalue weighted by Gasteiger charge is -2.21. The highest BCUT2D eigenvalue weighted by atomic mass is 16.5. The third kappa shape index (κ3) is 5.01. The van der Waals surface area contributed by atoms with Crippen molar-refractivity contribution >= 4 is 12.1 Å². The Balaban J connectivity index is 1.92. The SMILES string of the molecule is CC(C)(C)Oc1ccc(/C=N\NC(=O)c2ccncc2)cc1. The quantitative estimate of drug-likeness (QED) is 0.697. The summed E-state index contributed by atoms with van der Waals surface area (Å²) in [6, 6.07) is 10.8. The number of hydrogen-bond donors (Lipinski definition) is 1. The first kappa shape index (κ1) is 15.7. The van der Waals surface area contributed by atoms with Gasteiger partial charge in [0.05, 0.1) is 6.21 Å². The smallest absolute Gasteiger partial charge is 0.271 e. The van der Waals surface area contributed by atoms with Crippen molar-refractivity contribution < 1.29 is 9.53 Å². The van der Waals surface area contributed by atoms with E-state index in [4.69, 9.17) is 4.74 Å². The standard InChI is InChI=1S/C17H19N3O2/c1-17(2,3)22-15-6-4-13(5-7-15)12-19-20-16(21)14-8-10-18-11-9-14/h4-12H,1-3H3,(H,20,21)/b19-12-. The molecule has 0 aliphatic rings. The molecule has 1 aromatic heterocycles. The molecular weight excluding hydrogens is 278 g/mol. The number of ether oxygens (including phenoxy) is 1. The van der Waals surface area contributed by atoms with Crippen LogP contribution in [0.15, 0.2) is 53.9 Å². The van der Waals surface area contributed by atoms with Crippen molar-refractivity contribution in [2.75, 3.05) is 0 Å². The summed E-state index contributed by atoms with van der Waals surface area (Å²) < 4.78 is 5.74. The second kappa shape index (κ2) is 6.85. The second-order valence-electron chi connectivity index (χ2n) is 5.72. The van der Waals surface area contributed by atoms with E-state index >= 15 is 0 Å². The van der Waals surface area contributed by atoms with E-state index in [1.165, 1.54) is 0 Å². The van der Waals surface area contributed by atoms with Crippen molar-refractivity contribution in [2.45, 2.75) is 26.4 Å². The van der Waals surface area contributed by atoms with Gasteiger partial charge in [-0.05, 0) is 62.7 Å². The Hall–Kier alpha value is -2.69. The fraction of sp³-hybridized carbons (Fsp3) is 0.235. The van der Waals surface area contributed by atoms with Crippen molar-refractivity contribution in [3.8, 4) is 5.75 Å². The number of rotatable bonds is 4. The highest BCUT2D eigenvalue weighted by Gasteiger charge is 2.11. The Bertz CT molecular complexity index is 644. The summed E-state index contributed by atoms with van der Waals surface area (Å²) in [5.41, 5.74) is 3.63. The molecule has 5 heteroatoms. The highest BCUT2D eigenvalue weighted by molar-refractivity contribution is 5.94. The molecule has 0 aliphatic carbocycles. The molecule has 114 valence electrons. The van der Waals surface area contributed by atoms with Gasteiger partial charge < -0.3 is 4.74 Å². The third-order valence-corrected chi connectivity index (χ3v) is 2.63. The normalized spacial score (nSPS) is 11.4. The summed E-state index contributed by atoms with van der Waals surface area (Å²) >= 11 is 0. The van der Waals surface area contributed by atoms with Crippen LogP contribution in [-0.4, -0.2) is 22.7 Å². The van der Waals surface area contributed by atoms with Gasteiger partial charge in [-0.15, -0.1) is 0 Å². The zero-order chi connectivity index (χ0) is 16.0. The van der Waals surface area contributed by atoms with Crippen LogP contribution in [-0.2, 0) is 0 Å². The summed E-state index contributed by atoms with van der Waals surface area (Å²) in [6.45, 7) is 5.99. The van der Waals surface area contributed by atoms with E-state index < -0.39 is 0 Å². The lowest BCUT2D eigenvalue weighted by molar-refractivity contribution is 0.0955. The molecule has 0 radical (unpaired) electrons. The maximum atomic E-state index is 11.8. The van der Waals surface area contributed by atoms with E-state index in [1.54, 1.807) is 30.7 Å². The summed E-state index contributed by atoms with van der Waals surface area (Å²) in [6.07, 6.45) is 4.71. The van der Waals surface area contributed by atoms with Crippen molar-refractivity contribution in [1.82, 2.24) is 10.4 Å². The summed E-state index contributed by atoms with van der Waals surface area (Å²) in [7, 11) is 0. The van der Waals surface area contributed by atoms with E-state index in [0.29, 0.717) is 5.56 Å². The molecule has 1 amide bonds. The molecule has 0 saturated carbocycles. The van der Waals surface area contributed by atoms with Crippen LogP contribution in [0.2, 0.25) is 0 Å². The maximum absolute atomic E-state index is 11.8. The van der Waals surface area contributed by atoms with E-state index in [2.05, 4.69) is 15.5 Å². The molecular formula is C17H19N3O2. The average Bonchev–Trinajstić information content (AvgIpc) is 2.48. The number of benzene rings is 1. The number of hydrazone groups is 1. The van der Waals surface area contributed by atoms with E-state index in [0.717, 1.165) is 11.3 Å². The summed E-state index contributed by atoms with van der Waals surface area (Å²) in [4.78, 5) is 15.6. The number of nitrogens with zero attached hydrogens (tertiary/aromatic N) is 2. The van der Waals surface area contributed by atoms with Crippen molar-refractivity contribution in [3.05, 3.63) is 59.9 Å². The van der Waals surface area contributed by atoms with Gasteiger partial charge in [0.2, 0.25) is 0 Å². The Kier molecular flexibility index (Phi) is 4.88. The van der Waals surface area contributed by atoms with Crippen molar-refractivity contribution in [2.24, 2.45) is 5.10 Å². The van der Waals surface area contributed by atoms with Crippen LogP contribution in [0, 0.1) is 0 Å². The molecule has 2 aromatic rings. The van der Waals surface area contributed by atoms with Crippen LogP contribution in [0.1, 0.15) is 36.7 Å². The monoisotopic (exact) mass is 297 g/mol. The number of carbonyl (C=O) groups is 1. The fourth-order valence-corrected chi connectivity index (χ4v) is 1.71. The molecule has 1 heterocycles. The first-order valence-corrected chi connectivity index (χ1v) is 6.96. The number of carbonyl (C=O) groups excluding carboxylic acids is 1. The van der Waals surface area contributed by atoms with Gasteiger partial charge in [0.1, 0.15) is 11.4 Å². The van der Waals surface area contributed by atoms with Gasteiger partial charge in [-0.25, -0.2) is 5.43 Å². The Morgan fingerprint density at radius 2 is 1.77 bits per heavy atom. The fourth-order valence-electron chi connectivity index (χ4n) is 1.71. The molecule has 0 fully saturated rings. The first-order chi connectivity index (χ1) is 10.4. The number of nitrogens with one attached hydrogen (secondary N) is 1.